The molecule has 0 spiro atoms. The van der Waals surface area contributed by atoms with E-state index in [9.17, 15) is 9.90 Å². The Morgan fingerprint density at radius 1 is 1.33 bits per heavy atom. The van der Waals surface area contributed by atoms with Gasteiger partial charge in [0, 0.05) is 6.54 Å². The van der Waals surface area contributed by atoms with E-state index in [1.54, 1.807) is 36.4 Å². The molecule has 0 saturated carbocycles. The molecule has 0 aliphatic carbocycles. The average Bonchev–Trinajstić information content (AvgIpc) is 3.06. The molecule has 24 heavy (non-hydrogen) atoms. The molecule has 0 radical (unpaired) electrons. The maximum atomic E-state index is 12.0. The molecular formula is C18H20N2O4. The van der Waals surface area contributed by atoms with Crippen LogP contribution in [0.3, 0.4) is 0 Å². The quantitative estimate of drug-likeness (QED) is 0.814. The van der Waals surface area contributed by atoms with Gasteiger partial charge in [-0.3, -0.25) is 4.79 Å². The van der Waals surface area contributed by atoms with Crippen LogP contribution in [0.4, 0.5) is 0 Å². The van der Waals surface area contributed by atoms with Crippen LogP contribution in [0.5, 0.6) is 5.75 Å². The molecule has 1 atom stereocenters. The molecule has 0 aliphatic heterocycles. The predicted octanol–water partition coefficient (Wildman–Crippen LogP) is 2.48. The Morgan fingerprint density at radius 2 is 2.08 bits per heavy atom. The fourth-order valence-electron chi connectivity index (χ4n) is 1.93. The van der Waals surface area contributed by atoms with Gasteiger partial charge in [-0.1, -0.05) is 26.0 Å². The highest BCUT2D eigenvalue weighted by atomic mass is 16.5. The van der Waals surface area contributed by atoms with E-state index in [2.05, 4.69) is 5.32 Å². The van der Waals surface area contributed by atoms with Crippen molar-refractivity contribution in [2.75, 3.05) is 6.54 Å². The zero-order valence-corrected chi connectivity index (χ0v) is 13.7. The van der Waals surface area contributed by atoms with Crippen molar-refractivity contribution >= 4 is 5.91 Å². The Morgan fingerprint density at radius 3 is 2.79 bits per heavy atom. The Hall–Kier alpha value is -2.78. The molecule has 0 bridgehead atoms. The van der Waals surface area contributed by atoms with E-state index in [0.717, 1.165) is 0 Å². The van der Waals surface area contributed by atoms with Gasteiger partial charge in [0.15, 0.2) is 5.76 Å². The van der Waals surface area contributed by atoms with Crippen LogP contribution >= 0.6 is 0 Å². The van der Waals surface area contributed by atoms with Crippen molar-refractivity contribution in [2.45, 2.75) is 26.6 Å². The van der Waals surface area contributed by atoms with Gasteiger partial charge in [0.05, 0.1) is 11.7 Å². The number of ether oxygens (including phenoxy) is 1. The summed E-state index contributed by atoms with van der Waals surface area (Å²) in [5.41, 5.74) is 0.435. The maximum absolute atomic E-state index is 12.0. The monoisotopic (exact) mass is 328 g/mol. The largest absolute Gasteiger partial charge is 0.484 e. The number of rotatable bonds is 7. The van der Waals surface area contributed by atoms with Crippen molar-refractivity contribution in [3.63, 3.8) is 0 Å². The lowest BCUT2D eigenvalue weighted by molar-refractivity contribution is 0.0843. The standard InChI is InChI=1S/C18H20N2O4/c1-12(2)15(21)10-20-18(22)17-8-7-14(24-17)11-23-16-6-4-3-5-13(16)9-19/h3-8,12,15,21H,10-11H2,1-2H3,(H,20,22)/t15-/m1/s1. The number of para-hydroxylation sites is 1. The van der Waals surface area contributed by atoms with E-state index in [-0.39, 0.29) is 24.8 Å². The number of nitrogens with one attached hydrogen (secondary N) is 1. The van der Waals surface area contributed by atoms with Crippen LogP contribution in [0.15, 0.2) is 40.8 Å². The summed E-state index contributed by atoms with van der Waals surface area (Å²) in [5, 5.41) is 21.3. The smallest absolute Gasteiger partial charge is 0.287 e. The fraction of sp³-hybridized carbons (Fsp3) is 0.333. The van der Waals surface area contributed by atoms with E-state index in [0.29, 0.717) is 17.1 Å². The number of benzene rings is 1. The normalized spacial score (nSPS) is 11.8. The van der Waals surface area contributed by atoms with E-state index < -0.39 is 12.0 Å². The zero-order valence-electron chi connectivity index (χ0n) is 13.7. The minimum Gasteiger partial charge on any atom is -0.484 e. The molecule has 2 aromatic rings. The van der Waals surface area contributed by atoms with Gasteiger partial charge in [-0.25, -0.2) is 0 Å². The first-order valence-corrected chi connectivity index (χ1v) is 7.68. The molecule has 0 unspecified atom stereocenters. The summed E-state index contributed by atoms with van der Waals surface area (Å²) in [5.74, 6) is 0.752. The number of hydrogen-bond donors (Lipinski definition) is 2. The summed E-state index contributed by atoms with van der Waals surface area (Å²) in [6.45, 7) is 4.02. The van der Waals surface area contributed by atoms with Gasteiger partial charge < -0.3 is 19.6 Å². The highest BCUT2D eigenvalue weighted by Crippen LogP contribution is 2.19. The summed E-state index contributed by atoms with van der Waals surface area (Å²) in [4.78, 5) is 12.0. The first kappa shape index (κ1) is 17.6. The van der Waals surface area contributed by atoms with E-state index in [1.807, 2.05) is 19.9 Å². The lowest BCUT2D eigenvalue weighted by Crippen LogP contribution is -2.34. The molecule has 1 aromatic carbocycles. The highest BCUT2D eigenvalue weighted by molar-refractivity contribution is 5.91. The minimum absolute atomic E-state index is 0.0612. The second-order valence-corrected chi connectivity index (χ2v) is 5.68. The van der Waals surface area contributed by atoms with E-state index >= 15 is 0 Å². The Kier molecular flexibility index (Phi) is 5.99. The zero-order chi connectivity index (χ0) is 17.5. The van der Waals surface area contributed by atoms with Crippen molar-refractivity contribution in [3.05, 3.63) is 53.5 Å². The van der Waals surface area contributed by atoms with E-state index in [4.69, 9.17) is 14.4 Å². The first-order valence-electron chi connectivity index (χ1n) is 7.68. The van der Waals surface area contributed by atoms with Crippen LogP contribution in [0, 0.1) is 17.2 Å². The number of aliphatic hydroxyl groups excluding tert-OH is 1. The predicted molar refractivity (Wildman–Crippen MR) is 87.4 cm³/mol. The third-order valence-corrected chi connectivity index (χ3v) is 3.50. The summed E-state index contributed by atoms with van der Waals surface area (Å²) in [7, 11) is 0. The molecule has 2 N–H and O–H groups in total. The summed E-state index contributed by atoms with van der Waals surface area (Å²) < 4.78 is 11.0. The molecule has 6 nitrogen and oxygen atoms in total. The van der Waals surface area contributed by atoms with Gasteiger partial charge in [0.25, 0.3) is 5.91 Å². The molecule has 0 fully saturated rings. The molecule has 1 aromatic heterocycles. The van der Waals surface area contributed by atoms with Crippen molar-refractivity contribution in [3.8, 4) is 11.8 Å². The maximum Gasteiger partial charge on any atom is 0.287 e. The number of carbonyl (C=O) groups is 1. The fourth-order valence-corrected chi connectivity index (χ4v) is 1.93. The molecular weight excluding hydrogens is 308 g/mol. The number of hydrogen-bond acceptors (Lipinski definition) is 5. The van der Waals surface area contributed by atoms with Gasteiger partial charge >= 0.3 is 0 Å². The topological polar surface area (TPSA) is 95.5 Å². The Bertz CT molecular complexity index is 731. The van der Waals surface area contributed by atoms with Crippen LogP contribution < -0.4 is 10.1 Å². The number of nitrogens with zero attached hydrogens (tertiary/aromatic N) is 1. The molecule has 0 saturated heterocycles. The third-order valence-electron chi connectivity index (χ3n) is 3.50. The number of amides is 1. The number of aliphatic hydroxyl groups is 1. The van der Waals surface area contributed by atoms with Crippen LogP contribution in [0.1, 0.15) is 35.7 Å². The van der Waals surface area contributed by atoms with Gasteiger partial charge in [-0.15, -0.1) is 0 Å². The average molecular weight is 328 g/mol. The molecule has 1 amide bonds. The van der Waals surface area contributed by atoms with E-state index in [1.165, 1.54) is 0 Å². The van der Waals surface area contributed by atoms with Crippen LogP contribution in [-0.4, -0.2) is 23.7 Å². The third kappa shape index (κ3) is 4.61. The lowest BCUT2D eigenvalue weighted by Gasteiger charge is -2.14. The molecule has 0 aliphatic rings. The van der Waals surface area contributed by atoms with Gasteiger partial charge in [-0.05, 0) is 30.2 Å². The second kappa shape index (κ2) is 8.18. The van der Waals surface area contributed by atoms with Gasteiger partial charge in [0.1, 0.15) is 24.2 Å². The lowest BCUT2D eigenvalue weighted by atomic mass is 10.1. The summed E-state index contributed by atoms with van der Waals surface area (Å²) >= 11 is 0. The number of carbonyl (C=O) groups excluding carboxylic acids is 1. The van der Waals surface area contributed by atoms with Crippen LogP contribution in [0.25, 0.3) is 0 Å². The number of furan rings is 1. The van der Waals surface area contributed by atoms with Crippen molar-refractivity contribution < 1.29 is 19.1 Å². The minimum atomic E-state index is -0.603. The Labute approximate surface area is 140 Å². The Balaban J connectivity index is 1.91. The molecule has 6 heteroatoms. The molecule has 126 valence electrons. The summed E-state index contributed by atoms with van der Waals surface area (Å²) in [6, 6.07) is 12.1. The van der Waals surface area contributed by atoms with Gasteiger partial charge in [0.2, 0.25) is 0 Å². The molecule has 2 rings (SSSR count). The van der Waals surface area contributed by atoms with Crippen molar-refractivity contribution in [1.29, 1.82) is 5.26 Å². The van der Waals surface area contributed by atoms with Crippen LogP contribution in [0.2, 0.25) is 0 Å². The second-order valence-electron chi connectivity index (χ2n) is 5.68. The molecule has 1 heterocycles. The van der Waals surface area contributed by atoms with Crippen LogP contribution in [-0.2, 0) is 6.61 Å². The van der Waals surface area contributed by atoms with Crippen molar-refractivity contribution in [2.24, 2.45) is 5.92 Å². The highest BCUT2D eigenvalue weighted by Gasteiger charge is 2.15. The summed E-state index contributed by atoms with van der Waals surface area (Å²) in [6.07, 6.45) is -0.603. The van der Waals surface area contributed by atoms with Gasteiger partial charge in [-0.2, -0.15) is 5.26 Å². The first-order chi connectivity index (χ1) is 11.5. The number of nitriles is 1. The van der Waals surface area contributed by atoms with Crippen molar-refractivity contribution in [1.82, 2.24) is 5.32 Å². The SMILES string of the molecule is CC(C)[C@H](O)CNC(=O)c1ccc(COc2ccccc2C#N)o1.